The van der Waals surface area contributed by atoms with E-state index in [9.17, 15) is 0 Å². The van der Waals surface area contributed by atoms with Crippen LogP contribution in [0, 0.1) is 104 Å². The summed E-state index contributed by atoms with van der Waals surface area (Å²) in [5.41, 5.74) is 29.1. The van der Waals surface area contributed by atoms with Crippen molar-refractivity contribution in [1.82, 2.24) is 0 Å². The second kappa shape index (κ2) is 27.6. The maximum atomic E-state index is 7.58. The lowest BCUT2D eigenvalue weighted by Crippen LogP contribution is -2.34. The zero-order valence-electron chi connectivity index (χ0n) is 57.1. The van der Waals surface area contributed by atoms with Gasteiger partial charge in [-0.3, -0.25) is 0 Å². The molecule has 410 valence electrons. The van der Waals surface area contributed by atoms with Gasteiger partial charge in [0, 0.05) is 131 Å². The van der Waals surface area contributed by atoms with E-state index < -0.39 is 13.7 Å². The van der Waals surface area contributed by atoms with Gasteiger partial charge in [0.15, 0.2) is 28.5 Å². The first kappa shape index (κ1) is 52.5. The molecule has 0 fully saturated rings. The van der Waals surface area contributed by atoms with Crippen LogP contribution in [0.2, 0.25) is 0 Å². The fraction of sp³-hybridized carbons (Fsp3) is 0.267. The van der Waals surface area contributed by atoms with Crippen LogP contribution in [0.25, 0.3) is 56.3 Å². The Labute approximate surface area is 490 Å². The topological polar surface area (TPSA) is 19.4 Å². The van der Waals surface area contributed by atoms with Gasteiger partial charge in [0.05, 0.1) is 0 Å². The highest BCUT2D eigenvalue weighted by Gasteiger charge is 2.18. The summed E-state index contributed by atoms with van der Waals surface area (Å²) in [6.07, 6.45) is 0. The van der Waals surface area contributed by atoms with Gasteiger partial charge in [0.2, 0.25) is 28.5 Å². The van der Waals surface area contributed by atoms with Gasteiger partial charge < -0.3 is 0 Å². The molecule has 5 heterocycles. The van der Waals surface area contributed by atoms with Crippen molar-refractivity contribution in [2.75, 3.05) is 0 Å². The van der Waals surface area contributed by atoms with Crippen molar-refractivity contribution >= 4 is 0 Å². The van der Waals surface area contributed by atoms with Gasteiger partial charge in [-0.15, -0.1) is 0 Å². The van der Waals surface area contributed by atoms with Gasteiger partial charge in [-0.25, -0.2) is 0 Å². The second-order valence-electron chi connectivity index (χ2n) is 21.5. The minimum atomic E-state index is -2.09. The molecule has 5 aromatic carbocycles. The molecule has 10 rings (SSSR count). The van der Waals surface area contributed by atoms with E-state index in [1.807, 2.05) is 50.4 Å². The van der Waals surface area contributed by atoms with E-state index in [1.165, 1.54) is 95.4 Å². The van der Waals surface area contributed by atoms with Gasteiger partial charge in [-0.2, -0.15) is 22.8 Å². The molecule has 0 aliphatic heterocycles. The predicted octanol–water partition coefficient (Wildman–Crippen LogP) is 15.5. The van der Waals surface area contributed by atoms with Crippen LogP contribution in [0.5, 0.6) is 0 Å². The molecular weight excluding hydrogens is 971 g/mol. The summed E-state index contributed by atoms with van der Waals surface area (Å²) >= 11 is 0. The average molecular weight is 1070 g/mol. The molecule has 5 heteroatoms. The molecule has 0 spiro atoms. The highest BCUT2D eigenvalue weighted by molar-refractivity contribution is 5.65. The van der Waals surface area contributed by atoms with E-state index in [1.54, 1.807) is 35.9 Å². The molecule has 0 saturated carbocycles. The highest BCUT2D eigenvalue weighted by Crippen LogP contribution is 2.26. The molecule has 0 bridgehead atoms. The number of nitrogens with zero attached hydrogens (tertiary/aromatic N) is 5. The Morgan fingerprint density at radius 3 is 0.938 bits per heavy atom. The lowest BCUT2D eigenvalue weighted by Gasteiger charge is -2.07. The Morgan fingerprint density at radius 1 is 0.237 bits per heavy atom. The zero-order chi connectivity index (χ0) is 63.5. The van der Waals surface area contributed by atoms with Crippen molar-refractivity contribution in [3.8, 4) is 56.3 Å². The molecule has 0 radical (unpaired) electrons. The van der Waals surface area contributed by atoms with E-state index in [0.717, 1.165) is 33.8 Å². The quantitative estimate of drug-likeness (QED) is 0.153. The highest BCUT2D eigenvalue weighted by atomic mass is 15.0. The summed E-state index contributed by atoms with van der Waals surface area (Å²) < 4.78 is 55.7. The van der Waals surface area contributed by atoms with Crippen LogP contribution in [0.3, 0.4) is 0 Å². The minimum absolute atomic E-state index is 0.353. The third kappa shape index (κ3) is 14.9. The molecule has 0 N–H and O–H groups in total. The first-order valence-electron chi connectivity index (χ1n) is 30.6. The lowest BCUT2D eigenvalue weighted by atomic mass is 10.00. The third-order valence-electron chi connectivity index (χ3n) is 15.7. The fourth-order valence-electron chi connectivity index (χ4n) is 9.83. The van der Waals surface area contributed by atoms with Gasteiger partial charge in [-0.05, 0) is 169 Å². The second-order valence-corrected chi connectivity index (χ2v) is 21.5. The summed E-state index contributed by atoms with van der Waals surface area (Å²) in [5, 5.41) is 0. The first-order valence-corrected chi connectivity index (χ1v) is 27.6. The van der Waals surface area contributed by atoms with E-state index in [4.69, 9.17) is 8.22 Å². The third-order valence-corrected chi connectivity index (χ3v) is 15.7. The van der Waals surface area contributed by atoms with Gasteiger partial charge in [-0.1, -0.05) is 77.4 Å². The molecule has 0 amide bonds. The number of hydrogen-bond acceptors (Lipinski definition) is 0. The number of hydrogen-bond donors (Lipinski definition) is 0. The van der Waals surface area contributed by atoms with E-state index in [2.05, 4.69) is 244 Å². The van der Waals surface area contributed by atoms with Crippen molar-refractivity contribution in [3.05, 3.63) is 266 Å². The molecular formula is C75H90N5+5. The summed E-state index contributed by atoms with van der Waals surface area (Å²) in [7, 11) is 10.2. The number of aryl methyl sites for hydroxylation is 13. The van der Waals surface area contributed by atoms with Crippen LogP contribution >= 0.6 is 0 Å². The standard InChI is InChI=1S/5C15H18N/c2*1-11-7-5-9-14(13(11)3)15-10-6-8-12(2)16(15)4;2*1-11-8-9-14(12(2)10-11)15-7-5-6-13(3)16(15)4;1-11-8-9-12(2)14(10-11)15-7-5-6-13(3)16(15)4/h5*5-10H,1-4H3/q5*+1/i2D3;;1D3;;. The summed E-state index contributed by atoms with van der Waals surface area (Å²) in [6, 6.07) is 61.9. The first-order chi connectivity index (χ1) is 40.4. The monoisotopic (exact) mass is 1070 g/mol. The Kier molecular flexibility index (Phi) is 18.1. The molecule has 0 saturated heterocycles. The van der Waals surface area contributed by atoms with Crippen LogP contribution < -0.4 is 22.8 Å². The van der Waals surface area contributed by atoms with E-state index >= 15 is 0 Å². The van der Waals surface area contributed by atoms with Crippen LogP contribution in [0.15, 0.2) is 182 Å². The fourth-order valence-corrected chi connectivity index (χ4v) is 9.83. The summed E-state index contributed by atoms with van der Waals surface area (Å²) in [5.74, 6) is 0. The number of pyridine rings is 5. The Balaban J connectivity index is 0.000000172. The Morgan fingerprint density at radius 2 is 0.550 bits per heavy atom. The van der Waals surface area contributed by atoms with Gasteiger partial charge in [0.1, 0.15) is 35.2 Å². The van der Waals surface area contributed by atoms with Crippen molar-refractivity contribution in [2.24, 2.45) is 35.2 Å². The Hall–Kier alpha value is -8.15. The number of aromatic nitrogens is 5. The molecule has 0 unspecified atom stereocenters. The Bertz CT molecular complexity index is 3910. The van der Waals surface area contributed by atoms with Crippen LogP contribution in [0.1, 0.15) is 92.3 Å². The van der Waals surface area contributed by atoms with Gasteiger partial charge >= 0.3 is 0 Å². The van der Waals surface area contributed by atoms with Gasteiger partial charge in [0.25, 0.3) is 0 Å². The van der Waals surface area contributed by atoms with E-state index in [0.29, 0.717) is 11.3 Å². The number of benzene rings is 5. The van der Waals surface area contributed by atoms with Crippen LogP contribution in [-0.2, 0) is 35.2 Å². The zero-order valence-corrected chi connectivity index (χ0v) is 51.1. The van der Waals surface area contributed by atoms with Crippen molar-refractivity contribution in [3.63, 3.8) is 0 Å². The molecule has 0 aliphatic rings. The van der Waals surface area contributed by atoms with Crippen LogP contribution in [0.4, 0.5) is 0 Å². The maximum absolute atomic E-state index is 7.58. The van der Waals surface area contributed by atoms with Crippen LogP contribution in [-0.4, -0.2) is 0 Å². The smallest absolute Gasteiger partial charge is 0.199 e. The lowest BCUT2D eigenvalue weighted by molar-refractivity contribution is -0.666. The molecule has 10 aromatic rings. The summed E-state index contributed by atoms with van der Waals surface area (Å²) in [4.78, 5) is 0. The SMILES string of the molecule is Cc1ccc(-c2cccc(C)[n+]2C)c(C)c1.Cc1ccc(C)c(-c2cccc(C)[n+]2C)c1.Cc1cccc(-c2cccc(C)[n+]2C)c1C.[2H]C([2H])([2H])c1ccc(-c2cccc(C)[n+]2C)c(C)c1.[2H]C([2H])([2H])c1cccc(-c2cccc(C)c2C)[n+]1C. The molecule has 0 atom stereocenters. The number of rotatable bonds is 5. The molecule has 0 aliphatic carbocycles. The summed E-state index contributed by atoms with van der Waals surface area (Å²) in [6.45, 7) is 23.3. The normalized spacial score (nSPS) is 11.9. The largest absolute Gasteiger partial charge is 0.212 e. The molecule has 5 nitrogen and oxygen atoms in total. The van der Waals surface area contributed by atoms with Crippen molar-refractivity contribution in [1.29, 1.82) is 0 Å². The molecule has 80 heavy (non-hydrogen) atoms. The predicted molar refractivity (Wildman–Crippen MR) is 336 cm³/mol. The van der Waals surface area contributed by atoms with Crippen molar-refractivity contribution < 1.29 is 31.1 Å². The minimum Gasteiger partial charge on any atom is -0.199 e. The molecule has 5 aromatic heterocycles. The average Bonchev–Trinajstić information content (AvgIpc) is 1.60. The van der Waals surface area contributed by atoms with E-state index in [-0.39, 0.29) is 0 Å². The maximum Gasteiger partial charge on any atom is 0.212 e. The van der Waals surface area contributed by atoms with Crippen molar-refractivity contribution in [2.45, 2.75) is 104 Å².